The first-order valence-electron chi connectivity index (χ1n) is 13.8. The summed E-state index contributed by atoms with van der Waals surface area (Å²) in [6.45, 7) is -0.0964. The number of fused-ring (bicyclic) bond motifs is 3. The molecule has 1 atom stereocenters. The Balaban J connectivity index is 1.43. The second-order valence-corrected chi connectivity index (χ2v) is 10.3. The van der Waals surface area contributed by atoms with Gasteiger partial charge in [0.05, 0.1) is 45.5 Å². The number of rotatable bonds is 9. The van der Waals surface area contributed by atoms with E-state index in [-0.39, 0.29) is 24.4 Å². The van der Waals surface area contributed by atoms with Gasteiger partial charge >= 0.3 is 0 Å². The Labute approximate surface area is 244 Å². The highest BCUT2D eigenvalue weighted by Crippen LogP contribution is 2.46. The molecule has 9 nitrogen and oxygen atoms in total. The van der Waals surface area contributed by atoms with Crippen molar-refractivity contribution in [2.24, 2.45) is 0 Å². The van der Waals surface area contributed by atoms with E-state index in [4.69, 9.17) is 18.9 Å². The molecule has 1 aromatic heterocycles. The van der Waals surface area contributed by atoms with Crippen LogP contribution < -0.4 is 23.8 Å². The van der Waals surface area contributed by atoms with Gasteiger partial charge in [-0.05, 0) is 67.4 Å². The van der Waals surface area contributed by atoms with Gasteiger partial charge in [0.2, 0.25) is 5.91 Å². The number of carbonyl (C=O) groups excluding carboxylic acids is 2. The molecule has 42 heavy (non-hydrogen) atoms. The quantitative estimate of drug-likeness (QED) is 0.275. The maximum Gasteiger partial charge on any atom is 0.254 e. The monoisotopic (exact) mass is 567 g/mol. The largest absolute Gasteiger partial charge is 0.497 e. The molecule has 1 fully saturated rings. The Bertz CT molecular complexity index is 1620. The lowest BCUT2D eigenvalue weighted by molar-refractivity contribution is -0.119. The van der Waals surface area contributed by atoms with E-state index in [1.807, 2.05) is 60.8 Å². The third-order valence-corrected chi connectivity index (χ3v) is 7.87. The van der Waals surface area contributed by atoms with Gasteiger partial charge in [-0.2, -0.15) is 0 Å². The summed E-state index contributed by atoms with van der Waals surface area (Å²) in [7, 11) is 6.31. The smallest absolute Gasteiger partial charge is 0.254 e. The van der Waals surface area contributed by atoms with E-state index in [0.717, 1.165) is 35.5 Å². The number of anilines is 1. The van der Waals surface area contributed by atoms with E-state index in [2.05, 4.69) is 4.57 Å². The molecule has 9 heteroatoms. The average molecular weight is 568 g/mol. The fourth-order valence-corrected chi connectivity index (χ4v) is 5.68. The van der Waals surface area contributed by atoms with E-state index in [0.29, 0.717) is 28.6 Å². The number of carbonyl (C=O) groups is 2. The van der Waals surface area contributed by atoms with Crippen LogP contribution in [0.25, 0.3) is 5.69 Å². The first-order chi connectivity index (χ1) is 20.5. The van der Waals surface area contributed by atoms with E-state index < -0.39 is 6.04 Å². The van der Waals surface area contributed by atoms with Gasteiger partial charge in [-0.25, -0.2) is 0 Å². The SMILES string of the molecule is COc1cc(OC)cc(C(=O)N(CC(=O)N2c3ccccc3-n3cccc3C2c2cc(OC)ccc2OC)C2CC2)c1. The highest BCUT2D eigenvalue weighted by molar-refractivity contribution is 6.03. The molecule has 2 aliphatic rings. The maximum atomic E-state index is 14.6. The summed E-state index contributed by atoms with van der Waals surface area (Å²) in [5.74, 6) is 1.85. The predicted molar refractivity (Wildman–Crippen MR) is 158 cm³/mol. The lowest BCUT2D eigenvalue weighted by Crippen LogP contribution is -2.47. The molecule has 0 N–H and O–H groups in total. The number of hydrogen-bond acceptors (Lipinski definition) is 6. The summed E-state index contributed by atoms with van der Waals surface area (Å²) in [4.78, 5) is 31.9. The molecule has 6 rings (SSSR count). The number of para-hydroxylation sites is 2. The van der Waals surface area contributed by atoms with Crippen molar-refractivity contribution in [2.45, 2.75) is 24.9 Å². The zero-order chi connectivity index (χ0) is 29.4. The van der Waals surface area contributed by atoms with Crippen molar-refractivity contribution in [1.29, 1.82) is 0 Å². The van der Waals surface area contributed by atoms with Gasteiger partial charge in [0.25, 0.3) is 5.91 Å². The number of amides is 2. The van der Waals surface area contributed by atoms with Gasteiger partial charge in [0.1, 0.15) is 35.6 Å². The molecule has 3 aromatic carbocycles. The summed E-state index contributed by atoms with van der Waals surface area (Å²) in [5, 5.41) is 0. The van der Waals surface area contributed by atoms with Crippen LogP contribution in [0.5, 0.6) is 23.0 Å². The van der Waals surface area contributed by atoms with Crippen LogP contribution in [0.2, 0.25) is 0 Å². The molecule has 0 saturated heterocycles. The van der Waals surface area contributed by atoms with Crippen LogP contribution in [0.1, 0.15) is 40.5 Å². The summed E-state index contributed by atoms with van der Waals surface area (Å²) >= 11 is 0. The molecule has 2 heterocycles. The van der Waals surface area contributed by atoms with Crippen molar-refractivity contribution < 1.29 is 28.5 Å². The first-order valence-corrected chi connectivity index (χ1v) is 13.8. The number of benzene rings is 3. The van der Waals surface area contributed by atoms with Crippen LogP contribution in [0, 0.1) is 0 Å². The molecule has 2 amide bonds. The highest BCUT2D eigenvalue weighted by Gasteiger charge is 2.41. The lowest BCUT2D eigenvalue weighted by atomic mass is 9.96. The highest BCUT2D eigenvalue weighted by atomic mass is 16.5. The Morgan fingerprint density at radius 3 is 2.12 bits per heavy atom. The predicted octanol–water partition coefficient (Wildman–Crippen LogP) is 5.25. The molecule has 216 valence electrons. The van der Waals surface area contributed by atoms with Crippen LogP contribution in [0.3, 0.4) is 0 Å². The fourth-order valence-electron chi connectivity index (χ4n) is 5.68. The van der Waals surface area contributed by atoms with Crippen LogP contribution >= 0.6 is 0 Å². The lowest BCUT2D eigenvalue weighted by Gasteiger charge is -2.40. The standard InChI is InChI=1S/C33H33N3O6/c1-39-23-13-14-30(42-4)26(19-23)32-29-10-7-15-34(29)27-8-5-6-9-28(27)36(32)31(37)20-35(22-11-12-22)33(38)21-16-24(40-2)18-25(17-21)41-3/h5-10,13-19,22,32H,11-12,20H2,1-4H3. The van der Waals surface area contributed by atoms with Crippen molar-refractivity contribution in [3.05, 3.63) is 95.8 Å². The maximum absolute atomic E-state index is 14.6. The summed E-state index contributed by atoms with van der Waals surface area (Å²) in [5.41, 5.74) is 3.71. The van der Waals surface area contributed by atoms with Crippen LogP contribution in [-0.2, 0) is 4.79 Å². The van der Waals surface area contributed by atoms with Gasteiger partial charge < -0.3 is 28.4 Å². The summed E-state index contributed by atoms with van der Waals surface area (Å²) in [6, 6.07) is 21.9. The minimum Gasteiger partial charge on any atom is -0.497 e. The van der Waals surface area contributed by atoms with Gasteiger partial charge in [-0.15, -0.1) is 0 Å². The average Bonchev–Trinajstić information content (AvgIpc) is 3.76. The second-order valence-electron chi connectivity index (χ2n) is 10.3. The number of aromatic nitrogens is 1. The van der Waals surface area contributed by atoms with Crippen molar-refractivity contribution in [2.75, 3.05) is 39.9 Å². The van der Waals surface area contributed by atoms with Gasteiger partial charge in [-0.1, -0.05) is 12.1 Å². The van der Waals surface area contributed by atoms with Crippen LogP contribution in [0.15, 0.2) is 79.0 Å². The van der Waals surface area contributed by atoms with Crippen molar-refractivity contribution in [1.82, 2.24) is 9.47 Å². The van der Waals surface area contributed by atoms with Gasteiger partial charge in [0.15, 0.2) is 0 Å². The van der Waals surface area contributed by atoms with Crippen LogP contribution in [0.4, 0.5) is 5.69 Å². The Hall–Kier alpha value is -4.92. The minimum atomic E-state index is -0.527. The number of methoxy groups -OCH3 is 4. The van der Waals surface area contributed by atoms with Crippen molar-refractivity contribution in [3.63, 3.8) is 0 Å². The number of ether oxygens (including phenoxy) is 4. The second kappa shape index (κ2) is 11.2. The Morgan fingerprint density at radius 1 is 0.786 bits per heavy atom. The molecule has 1 unspecified atom stereocenters. The minimum absolute atomic E-state index is 0.0210. The zero-order valence-corrected chi connectivity index (χ0v) is 24.1. The molecule has 0 bridgehead atoms. The van der Waals surface area contributed by atoms with Crippen molar-refractivity contribution >= 4 is 17.5 Å². The summed E-state index contributed by atoms with van der Waals surface area (Å²) < 4.78 is 24.2. The Kier molecular flexibility index (Phi) is 7.24. The number of nitrogens with zero attached hydrogens (tertiary/aromatic N) is 3. The van der Waals surface area contributed by atoms with E-state index in [1.165, 1.54) is 0 Å². The molecule has 0 spiro atoms. The van der Waals surface area contributed by atoms with E-state index in [1.54, 1.807) is 56.4 Å². The Morgan fingerprint density at radius 2 is 1.48 bits per heavy atom. The molecule has 4 aromatic rings. The third-order valence-electron chi connectivity index (χ3n) is 7.87. The van der Waals surface area contributed by atoms with E-state index >= 15 is 0 Å². The van der Waals surface area contributed by atoms with Crippen LogP contribution in [-0.4, -0.2) is 62.3 Å². The molecule has 1 aliphatic heterocycles. The molecule has 0 radical (unpaired) electrons. The van der Waals surface area contributed by atoms with Gasteiger partial charge in [-0.3, -0.25) is 14.5 Å². The summed E-state index contributed by atoms with van der Waals surface area (Å²) in [6.07, 6.45) is 3.67. The van der Waals surface area contributed by atoms with Gasteiger partial charge in [0, 0.05) is 29.4 Å². The normalized spacial score (nSPS) is 15.3. The number of hydrogen-bond donors (Lipinski definition) is 0. The fraction of sp³-hybridized carbons (Fsp3) is 0.273. The zero-order valence-electron chi connectivity index (χ0n) is 24.1. The van der Waals surface area contributed by atoms with Crippen molar-refractivity contribution in [3.8, 4) is 28.7 Å². The molecular weight excluding hydrogens is 534 g/mol. The molecule has 1 saturated carbocycles. The molecule has 1 aliphatic carbocycles. The molecular formula is C33H33N3O6. The van der Waals surface area contributed by atoms with E-state index in [9.17, 15) is 9.59 Å². The first kappa shape index (κ1) is 27.3. The topological polar surface area (TPSA) is 82.5 Å². The third kappa shape index (κ3) is 4.81.